The van der Waals surface area contributed by atoms with Crippen LogP contribution in [0.1, 0.15) is 22.7 Å². The molecule has 1 aromatic heterocycles. The van der Waals surface area contributed by atoms with Gasteiger partial charge < -0.3 is 9.52 Å². The molecule has 0 fully saturated rings. The molecule has 0 saturated heterocycles. The van der Waals surface area contributed by atoms with Crippen LogP contribution in [0.15, 0.2) is 91.4 Å². The number of fused-ring (bicyclic) bond motifs is 1. The maximum atomic E-state index is 13.2. The minimum atomic E-state index is -4.04. The van der Waals surface area contributed by atoms with Crippen molar-refractivity contribution in [3.05, 3.63) is 104 Å². The summed E-state index contributed by atoms with van der Waals surface area (Å²) in [5.41, 5.74) is 0.552. The van der Waals surface area contributed by atoms with Crippen molar-refractivity contribution in [1.82, 2.24) is 4.72 Å². The average molecular weight is 500 g/mol. The van der Waals surface area contributed by atoms with Gasteiger partial charge in [0.25, 0.3) is 0 Å². The smallest absolute Gasteiger partial charge is 0.345 e. The third-order valence-electron chi connectivity index (χ3n) is 4.93. The molecule has 8 heteroatoms. The van der Waals surface area contributed by atoms with E-state index in [4.69, 9.17) is 4.42 Å². The zero-order chi connectivity index (χ0) is 22.2. The number of aromatic hydroxyl groups is 1. The van der Waals surface area contributed by atoms with Crippen molar-refractivity contribution in [3.8, 4) is 5.75 Å². The van der Waals surface area contributed by atoms with Crippen molar-refractivity contribution in [2.24, 2.45) is 0 Å². The Morgan fingerprint density at radius 2 is 1.61 bits per heavy atom. The van der Waals surface area contributed by atoms with Crippen LogP contribution in [0.4, 0.5) is 0 Å². The molecule has 0 unspecified atom stereocenters. The van der Waals surface area contributed by atoms with Gasteiger partial charge in [0.05, 0.1) is 16.3 Å². The number of hydrogen-bond acceptors (Lipinski definition) is 5. The van der Waals surface area contributed by atoms with Crippen molar-refractivity contribution in [1.29, 1.82) is 0 Å². The van der Waals surface area contributed by atoms with Gasteiger partial charge in [0.1, 0.15) is 16.9 Å². The first-order valence-electron chi connectivity index (χ1n) is 9.36. The number of rotatable bonds is 5. The first-order chi connectivity index (χ1) is 14.8. The Balaban J connectivity index is 1.93. The van der Waals surface area contributed by atoms with Crippen molar-refractivity contribution in [2.45, 2.75) is 17.9 Å². The summed E-state index contributed by atoms with van der Waals surface area (Å²) in [7, 11) is -4.04. The van der Waals surface area contributed by atoms with Crippen LogP contribution < -0.4 is 10.3 Å². The molecule has 0 aliphatic heterocycles. The third-order valence-corrected chi connectivity index (χ3v) is 7.09. The molecule has 3 aromatic carbocycles. The Kier molecular flexibility index (Phi) is 5.70. The topological polar surface area (TPSA) is 96.6 Å². The second kappa shape index (κ2) is 8.30. The van der Waals surface area contributed by atoms with Crippen LogP contribution in [0.3, 0.4) is 0 Å². The molecule has 158 valence electrons. The SMILES string of the molecule is Cc1ccc(S(=O)(=O)N[C@@H](c2ccccc2Br)c2c(O)c3ccccc3oc2=O)cc1. The molecule has 0 saturated carbocycles. The maximum Gasteiger partial charge on any atom is 0.345 e. The fourth-order valence-electron chi connectivity index (χ4n) is 3.33. The second-order valence-electron chi connectivity index (χ2n) is 7.04. The van der Waals surface area contributed by atoms with Crippen molar-refractivity contribution >= 4 is 36.9 Å². The van der Waals surface area contributed by atoms with E-state index in [0.29, 0.717) is 15.4 Å². The van der Waals surface area contributed by atoms with Crippen LogP contribution in [0, 0.1) is 6.92 Å². The normalized spacial score (nSPS) is 12.7. The number of halogens is 1. The Morgan fingerprint density at radius 1 is 0.968 bits per heavy atom. The van der Waals surface area contributed by atoms with Crippen molar-refractivity contribution < 1.29 is 17.9 Å². The Bertz CT molecular complexity index is 1430. The van der Waals surface area contributed by atoms with Crippen LogP contribution in [0.5, 0.6) is 5.75 Å². The average Bonchev–Trinajstić information content (AvgIpc) is 2.74. The molecule has 4 rings (SSSR count). The highest BCUT2D eigenvalue weighted by atomic mass is 79.9. The van der Waals surface area contributed by atoms with Crippen LogP contribution in [0.2, 0.25) is 0 Å². The van der Waals surface area contributed by atoms with E-state index in [1.54, 1.807) is 60.7 Å². The lowest BCUT2D eigenvalue weighted by Crippen LogP contribution is -2.32. The first kappa shape index (κ1) is 21.3. The van der Waals surface area contributed by atoms with Crippen molar-refractivity contribution in [2.75, 3.05) is 0 Å². The van der Waals surface area contributed by atoms with Gasteiger partial charge in [-0.3, -0.25) is 0 Å². The second-order valence-corrected chi connectivity index (χ2v) is 9.61. The van der Waals surface area contributed by atoms with E-state index in [1.807, 2.05) is 6.92 Å². The molecule has 1 atom stereocenters. The summed E-state index contributed by atoms with van der Waals surface area (Å²) in [5.74, 6) is -0.334. The lowest BCUT2D eigenvalue weighted by atomic mass is 9.99. The number of benzene rings is 3. The standard InChI is InChI=1S/C23H18BrNO5S/c1-14-10-12-15(13-11-14)31(28,29)25-21(16-6-2-4-8-18(16)24)20-22(26)17-7-3-5-9-19(17)30-23(20)27/h2-13,21,25-26H,1H3/t21-/m0/s1. The van der Waals surface area contributed by atoms with E-state index in [2.05, 4.69) is 20.7 Å². The molecule has 0 amide bonds. The molecule has 0 aliphatic rings. The molecule has 6 nitrogen and oxygen atoms in total. The van der Waals surface area contributed by atoms with Gasteiger partial charge in [-0.15, -0.1) is 0 Å². The zero-order valence-corrected chi connectivity index (χ0v) is 18.8. The van der Waals surface area contributed by atoms with Gasteiger partial charge in [-0.25, -0.2) is 13.2 Å². The summed E-state index contributed by atoms with van der Waals surface area (Å²) in [6.07, 6.45) is 0. The zero-order valence-electron chi connectivity index (χ0n) is 16.4. The Hall–Kier alpha value is -2.94. The highest BCUT2D eigenvalue weighted by molar-refractivity contribution is 9.10. The van der Waals surface area contributed by atoms with Gasteiger partial charge in [0.15, 0.2) is 0 Å². The lowest BCUT2D eigenvalue weighted by molar-refractivity contribution is 0.448. The van der Waals surface area contributed by atoms with Crippen LogP contribution in [-0.4, -0.2) is 13.5 Å². The number of para-hydroxylation sites is 1. The van der Waals surface area contributed by atoms with E-state index in [-0.39, 0.29) is 21.8 Å². The minimum absolute atomic E-state index is 0.0415. The monoisotopic (exact) mass is 499 g/mol. The highest BCUT2D eigenvalue weighted by Crippen LogP contribution is 2.36. The molecular formula is C23H18BrNO5S. The van der Waals surface area contributed by atoms with Crippen LogP contribution in [-0.2, 0) is 10.0 Å². The fraction of sp³-hybridized carbons (Fsp3) is 0.0870. The molecule has 2 N–H and O–H groups in total. The van der Waals surface area contributed by atoms with Crippen LogP contribution >= 0.6 is 15.9 Å². The summed E-state index contributed by atoms with van der Waals surface area (Å²) < 4.78 is 34.8. The fourth-order valence-corrected chi connectivity index (χ4v) is 5.03. The minimum Gasteiger partial charge on any atom is -0.507 e. The quantitative estimate of drug-likeness (QED) is 0.390. The van der Waals surface area contributed by atoms with Gasteiger partial charge in [0.2, 0.25) is 10.0 Å². The van der Waals surface area contributed by atoms with E-state index >= 15 is 0 Å². The predicted octanol–water partition coefficient (Wildman–Crippen LogP) is 4.64. The summed E-state index contributed by atoms with van der Waals surface area (Å²) >= 11 is 3.42. The van der Waals surface area contributed by atoms with Gasteiger partial charge in [-0.1, -0.05) is 64.0 Å². The molecule has 31 heavy (non-hydrogen) atoms. The molecule has 0 radical (unpaired) electrons. The van der Waals surface area contributed by atoms with E-state index < -0.39 is 21.7 Å². The van der Waals surface area contributed by atoms with Crippen LogP contribution in [0.25, 0.3) is 11.0 Å². The van der Waals surface area contributed by atoms with Gasteiger partial charge >= 0.3 is 5.63 Å². The molecular weight excluding hydrogens is 482 g/mol. The Labute approximate surface area is 187 Å². The van der Waals surface area contributed by atoms with E-state index in [1.165, 1.54) is 12.1 Å². The summed E-state index contributed by atoms with van der Waals surface area (Å²) in [5, 5.41) is 11.3. The van der Waals surface area contributed by atoms with Gasteiger partial charge in [0, 0.05) is 4.47 Å². The number of aryl methyl sites for hydroxylation is 1. The maximum absolute atomic E-state index is 13.2. The first-order valence-corrected chi connectivity index (χ1v) is 11.6. The molecule has 1 heterocycles. The van der Waals surface area contributed by atoms with Crippen molar-refractivity contribution in [3.63, 3.8) is 0 Å². The number of nitrogens with one attached hydrogen (secondary N) is 1. The summed E-state index contributed by atoms with van der Waals surface area (Å²) in [6, 6.07) is 18.5. The summed E-state index contributed by atoms with van der Waals surface area (Å²) in [6.45, 7) is 1.85. The molecule has 0 aliphatic carbocycles. The Morgan fingerprint density at radius 3 is 2.32 bits per heavy atom. The number of hydrogen-bond donors (Lipinski definition) is 2. The largest absolute Gasteiger partial charge is 0.507 e. The lowest BCUT2D eigenvalue weighted by Gasteiger charge is -2.21. The summed E-state index contributed by atoms with van der Waals surface area (Å²) in [4.78, 5) is 12.9. The van der Waals surface area contributed by atoms with Gasteiger partial charge in [-0.2, -0.15) is 4.72 Å². The van der Waals surface area contributed by atoms with E-state index in [0.717, 1.165) is 5.56 Å². The van der Waals surface area contributed by atoms with E-state index in [9.17, 15) is 18.3 Å². The molecule has 0 spiro atoms. The number of sulfonamides is 1. The molecule has 4 aromatic rings. The van der Waals surface area contributed by atoms with Gasteiger partial charge in [-0.05, 0) is 42.8 Å². The highest BCUT2D eigenvalue weighted by Gasteiger charge is 2.30. The molecule has 0 bridgehead atoms. The third kappa shape index (κ3) is 4.14. The predicted molar refractivity (Wildman–Crippen MR) is 122 cm³/mol.